The molecule has 1 unspecified atom stereocenters. The molecule has 1 aromatic carbocycles. The van der Waals surface area contributed by atoms with Gasteiger partial charge in [0.2, 0.25) is 0 Å². The van der Waals surface area contributed by atoms with Crippen LogP contribution in [0.1, 0.15) is 12.0 Å². The van der Waals surface area contributed by atoms with Crippen molar-refractivity contribution in [3.8, 4) is 0 Å². The monoisotopic (exact) mass is 245 g/mol. The maximum atomic E-state index is 9.73. The summed E-state index contributed by atoms with van der Waals surface area (Å²) in [5.41, 5.74) is 8.66. The molecular weight excluding hydrogens is 229 g/mol. The topological polar surface area (TPSA) is 46.2 Å². The molecule has 2 rings (SSSR count). The largest absolute Gasteiger partial charge is 0.508 e. The molecule has 3 heteroatoms. The lowest BCUT2D eigenvalue weighted by Crippen LogP contribution is -2.05. The predicted molar refractivity (Wildman–Crippen MR) is 76.2 cm³/mol. The van der Waals surface area contributed by atoms with Gasteiger partial charge >= 0.3 is 0 Å². The molecule has 0 aliphatic heterocycles. The van der Waals surface area contributed by atoms with Crippen molar-refractivity contribution in [3.05, 3.63) is 59.4 Å². The van der Waals surface area contributed by atoms with Crippen molar-refractivity contribution >= 4 is 20.1 Å². The molecule has 0 radical (unpaired) electrons. The van der Waals surface area contributed by atoms with Gasteiger partial charge in [-0.05, 0) is 35.0 Å². The molecule has 0 bridgehead atoms. The number of hydrogen-bond donors (Lipinski definition) is 2. The highest BCUT2D eigenvalue weighted by atomic mass is 31.0. The van der Waals surface area contributed by atoms with Crippen LogP contribution in [0.25, 0.3) is 5.57 Å². The van der Waals surface area contributed by atoms with Gasteiger partial charge in [-0.25, -0.2) is 0 Å². The molecule has 0 heterocycles. The number of allylic oxidation sites excluding steroid dienone is 4. The average molecular weight is 245 g/mol. The molecule has 1 aliphatic rings. The molecule has 0 saturated heterocycles. The summed E-state index contributed by atoms with van der Waals surface area (Å²) in [7, 11) is 2.67. The zero-order valence-electron chi connectivity index (χ0n) is 9.56. The van der Waals surface area contributed by atoms with Gasteiger partial charge in [0.05, 0.1) is 0 Å². The Morgan fingerprint density at radius 3 is 2.53 bits per heavy atom. The number of aliphatic hydroxyl groups excluding tert-OH is 1. The molecule has 0 spiro atoms. The van der Waals surface area contributed by atoms with Crippen molar-refractivity contribution in [2.45, 2.75) is 6.42 Å². The number of benzene rings is 1. The number of rotatable bonds is 2. The van der Waals surface area contributed by atoms with Gasteiger partial charge in [0.1, 0.15) is 5.76 Å². The smallest absolute Gasteiger partial charge is 0.116 e. The van der Waals surface area contributed by atoms with Crippen LogP contribution >= 0.6 is 9.24 Å². The summed E-state index contributed by atoms with van der Waals surface area (Å²) in [6.07, 6.45) is 6.56. The highest BCUT2D eigenvalue weighted by Crippen LogP contribution is 2.23. The molecule has 1 atom stereocenters. The third-order valence-corrected chi connectivity index (χ3v) is 3.16. The normalized spacial score (nSPS) is 15.8. The maximum absolute atomic E-state index is 9.73. The molecule has 0 amide bonds. The third-order valence-electron chi connectivity index (χ3n) is 2.77. The van der Waals surface area contributed by atoms with Crippen LogP contribution in [0.5, 0.6) is 0 Å². The fourth-order valence-corrected chi connectivity index (χ4v) is 1.98. The van der Waals surface area contributed by atoms with Crippen molar-refractivity contribution < 1.29 is 5.11 Å². The Bertz CT molecular complexity index is 497. The van der Waals surface area contributed by atoms with Gasteiger partial charge in [-0.3, -0.25) is 0 Å². The van der Waals surface area contributed by atoms with E-state index in [2.05, 4.69) is 39.6 Å². The van der Waals surface area contributed by atoms with Gasteiger partial charge in [-0.15, -0.1) is 9.24 Å². The second-order valence-electron chi connectivity index (χ2n) is 3.98. The molecule has 1 aliphatic carbocycles. The molecule has 0 fully saturated rings. The molecular formula is C14H16NOP. The van der Waals surface area contributed by atoms with Crippen LogP contribution in [-0.2, 0) is 0 Å². The molecule has 1 aromatic rings. The lowest BCUT2D eigenvalue weighted by Gasteiger charge is -2.05. The van der Waals surface area contributed by atoms with E-state index in [9.17, 15) is 5.11 Å². The molecule has 0 saturated carbocycles. The Labute approximate surface area is 104 Å². The van der Waals surface area contributed by atoms with Gasteiger partial charge < -0.3 is 10.8 Å². The van der Waals surface area contributed by atoms with E-state index in [1.54, 1.807) is 6.08 Å². The minimum atomic E-state index is 0.293. The van der Waals surface area contributed by atoms with Crippen LogP contribution in [0, 0.1) is 0 Å². The van der Waals surface area contributed by atoms with Gasteiger partial charge in [-0.2, -0.15) is 0 Å². The fraction of sp³-hybridized carbons (Fsp3) is 0.143. The average Bonchev–Trinajstić information content (AvgIpc) is 2.52. The quantitative estimate of drug-likeness (QED) is 0.785. The first kappa shape index (κ1) is 12.1. The predicted octanol–water partition coefficient (Wildman–Crippen LogP) is 2.30. The molecule has 2 nitrogen and oxygen atoms in total. The molecule has 88 valence electrons. The molecule has 17 heavy (non-hydrogen) atoms. The Morgan fingerprint density at radius 1 is 1.18 bits per heavy atom. The Kier molecular flexibility index (Phi) is 3.78. The summed E-state index contributed by atoms with van der Waals surface area (Å²) >= 11 is 0. The van der Waals surface area contributed by atoms with E-state index < -0.39 is 0 Å². The first-order valence-corrected chi connectivity index (χ1v) is 6.14. The molecule has 0 aromatic heterocycles. The summed E-state index contributed by atoms with van der Waals surface area (Å²) in [6, 6.07) is 8.24. The van der Waals surface area contributed by atoms with Gasteiger partial charge in [0, 0.05) is 12.1 Å². The summed E-state index contributed by atoms with van der Waals surface area (Å²) in [6.45, 7) is 0.349. The van der Waals surface area contributed by atoms with Gasteiger partial charge in [0.15, 0.2) is 0 Å². The van der Waals surface area contributed by atoms with Crippen LogP contribution in [0.4, 0.5) is 0 Å². The zero-order valence-corrected chi connectivity index (χ0v) is 10.7. The van der Waals surface area contributed by atoms with E-state index in [0.29, 0.717) is 12.3 Å². The van der Waals surface area contributed by atoms with Gasteiger partial charge in [0.25, 0.3) is 0 Å². The SMILES string of the molecule is NCC1=CC(c2ccc(P)cc2)=CCC=C1O. The minimum absolute atomic E-state index is 0.293. The highest BCUT2D eigenvalue weighted by molar-refractivity contribution is 7.27. The first-order valence-electron chi connectivity index (χ1n) is 5.57. The summed E-state index contributed by atoms with van der Waals surface area (Å²) in [5.74, 6) is 0.293. The van der Waals surface area contributed by atoms with E-state index in [1.807, 2.05) is 6.08 Å². The van der Waals surface area contributed by atoms with Crippen LogP contribution in [0.15, 0.2) is 53.8 Å². The first-order chi connectivity index (χ1) is 8.20. The van der Waals surface area contributed by atoms with Crippen LogP contribution in [-0.4, -0.2) is 11.7 Å². The molecule has 3 N–H and O–H groups in total. The lowest BCUT2D eigenvalue weighted by molar-refractivity contribution is 0.420. The summed E-state index contributed by atoms with van der Waals surface area (Å²) in [4.78, 5) is 0. The van der Waals surface area contributed by atoms with Crippen molar-refractivity contribution in [2.75, 3.05) is 6.54 Å². The van der Waals surface area contributed by atoms with E-state index >= 15 is 0 Å². The van der Waals surface area contributed by atoms with E-state index in [-0.39, 0.29) is 0 Å². The second-order valence-corrected chi connectivity index (χ2v) is 4.65. The zero-order chi connectivity index (χ0) is 12.3. The van der Waals surface area contributed by atoms with Crippen LogP contribution in [0.2, 0.25) is 0 Å². The lowest BCUT2D eigenvalue weighted by atomic mass is 10.0. The van der Waals surface area contributed by atoms with Crippen molar-refractivity contribution in [1.29, 1.82) is 0 Å². The van der Waals surface area contributed by atoms with E-state index in [1.165, 1.54) is 0 Å². The van der Waals surface area contributed by atoms with Crippen LogP contribution in [0.3, 0.4) is 0 Å². The van der Waals surface area contributed by atoms with Crippen molar-refractivity contribution in [2.24, 2.45) is 5.73 Å². The number of nitrogens with two attached hydrogens (primary N) is 1. The Balaban J connectivity index is 2.37. The van der Waals surface area contributed by atoms with E-state index in [0.717, 1.165) is 28.4 Å². The summed E-state index contributed by atoms with van der Waals surface area (Å²) < 4.78 is 0. The van der Waals surface area contributed by atoms with E-state index in [4.69, 9.17) is 5.73 Å². The minimum Gasteiger partial charge on any atom is -0.508 e. The van der Waals surface area contributed by atoms with Crippen molar-refractivity contribution in [1.82, 2.24) is 0 Å². The second kappa shape index (κ2) is 5.31. The third kappa shape index (κ3) is 2.85. The van der Waals surface area contributed by atoms with Crippen molar-refractivity contribution in [3.63, 3.8) is 0 Å². The Hall–Kier alpha value is -1.37. The highest BCUT2D eigenvalue weighted by Gasteiger charge is 2.07. The fourth-order valence-electron chi connectivity index (χ4n) is 1.79. The number of aliphatic hydroxyl groups is 1. The van der Waals surface area contributed by atoms with Crippen LogP contribution < -0.4 is 11.0 Å². The number of hydrogen-bond acceptors (Lipinski definition) is 2. The Morgan fingerprint density at radius 2 is 1.88 bits per heavy atom. The standard InChI is InChI=1S/C14H16NOP/c15-9-12-8-11(2-1-3-14(12)16)10-4-6-13(17)7-5-10/h2-8,16H,1,9,15,17H2. The van der Waals surface area contributed by atoms with Gasteiger partial charge in [-0.1, -0.05) is 30.3 Å². The summed E-state index contributed by atoms with van der Waals surface area (Å²) in [5, 5.41) is 10.9. The maximum Gasteiger partial charge on any atom is 0.116 e.